The standard InChI is InChI=1S/C21H27FN4O2.C2H4/c1-14-6-7-19(24-11-14)15(2)25-20(28-3)16-5-4-10-26(13-16)21(27)17-8-9-23-12-18(17)22;1-2/h7-9,11-12,15-16,24H,4-6,10,13H2,1-3H3;1-2H2/t15?,16-;/m0./s1. The summed E-state index contributed by atoms with van der Waals surface area (Å²) in [6.45, 7) is 11.2. The van der Waals surface area contributed by atoms with Gasteiger partial charge in [0, 0.05) is 25.0 Å². The number of likely N-dealkylation sites (tertiary alicyclic amines) is 1. The Morgan fingerprint density at radius 1 is 1.47 bits per heavy atom. The number of allylic oxidation sites excluding steroid dienone is 2. The first-order valence-corrected chi connectivity index (χ1v) is 10.1. The summed E-state index contributed by atoms with van der Waals surface area (Å²) in [7, 11) is 1.61. The van der Waals surface area contributed by atoms with Gasteiger partial charge < -0.3 is 15.0 Å². The first-order chi connectivity index (χ1) is 14.5. The molecule has 0 bridgehead atoms. The van der Waals surface area contributed by atoms with Crippen molar-refractivity contribution in [2.45, 2.75) is 39.2 Å². The van der Waals surface area contributed by atoms with Crippen LogP contribution in [-0.2, 0) is 4.74 Å². The number of methoxy groups -OCH3 is 1. The Hall–Kier alpha value is -2.96. The lowest BCUT2D eigenvalue weighted by Crippen LogP contribution is -2.43. The van der Waals surface area contributed by atoms with Crippen molar-refractivity contribution in [3.8, 4) is 0 Å². The van der Waals surface area contributed by atoms with Gasteiger partial charge in [-0.2, -0.15) is 0 Å². The summed E-state index contributed by atoms with van der Waals surface area (Å²) < 4.78 is 19.5. The summed E-state index contributed by atoms with van der Waals surface area (Å²) in [6, 6.07) is 1.36. The van der Waals surface area contributed by atoms with Crippen molar-refractivity contribution >= 4 is 11.8 Å². The number of rotatable bonds is 4. The van der Waals surface area contributed by atoms with Gasteiger partial charge in [-0.25, -0.2) is 9.38 Å². The third-order valence-corrected chi connectivity index (χ3v) is 5.17. The van der Waals surface area contributed by atoms with E-state index in [0.717, 1.165) is 31.2 Å². The second-order valence-electron chi connectivity index (χ2n) is 7.29. The number of pyridine rings is 1. The number of carbonyl (C=O) groups is 1. The monoisotopic (exact) mass is 414 g/mol. The van der Waals surface area contributed by atoms with Crippen LogP contribution < -0.4 is 5.32 Å². The fourth-order valence-electron chi connectivity index (χ4n) is 3.55. The van der Waals surface area contributed by atoms with E-state index in [2.05, 4.69) is 36.5 Å². The second kappa shape index (κ2) is 11.3. The summed E-state index contributed by atoms with van der Waals surface area (Å²) >= 11 is 0. The van der Waals surface area contributed by atoms with Crippen LogP contribution in [0.5, 0.6) is 0 Å². The van der Waals surface area contributed by atoms with Crippen molar-refractivity contribution in [2.75, 3.05) is 20.2 Å². The number of hydrogen-bond donors (Lipinski definition) is 1. The fourth-order valence-corrected chi connectivity index (χ4v) is 3.55. The zero-order chi connectivity index (χ0) is 22.1. The molecular weight excluding hydrogens is 383 g/mol. The Labute approximate surface area is 178 Å². The van der Waals surface area contributed by atoms with Crippen molar-refractivity contribution in [1.82, 2.24) is 15.2 Å². The van der Waals surface area contributed by atoms with Crippen molar-refractivity contribution in [3.63, 3.8) is 0 Å². The zero-order valence-electron chi connectivity index (χ0n) is 18.0. The molecule has 0 spiro atoms. The van der Waals surface area contributed by atoms with Gasteiger partial charge >= 0.3 is 0 Å². The number of hydrogen-bond acceptors (Lipinski definition) is 5. The van der Waals surface area contributed by atoms with Gasteiger partial charge in [-0.3, -0.25) is 9.78 Å². The van der Waals surface area contributed by atoms with Crippen LogP contribution in [0, 0.1) is 11.7 Å². The summed E-state index contributed by atoms with van der Waals surface area (Å²) in [5.74, 6) is -0.279. The molecule has 1 amide bonds. The van der Waals surface area contributed by atoms with Crippen LogP contribution in [0.1, 0.15) is 43.5 Å². The normalized spacial score (nSPS) is 20.1. The van der Waals surface area contributed by atoms with E-state index in [-0.39, 0.29) is 23.4 Å². The number of amides is 1. The van der Waals surface area contributed by atoms with E-state index in [1.54, 1.807) is 12.0 Å². The maximum absolute atomic E-state index is 13.9. The van der Waals surface area contributed by atoms with Gasteiger partial charge in [-0.15, -0.1) is 13.2 Å². The molecule has 0 aliphatic carbocycles. The Morgan fingerprint density at radius 2 is 2.23 bits per heavy atom. The highest BCUT2D eigenvalue weighted by atomic mass is 19.1. The number of aromatic nitrogens is 1. The van der Waals surface area contributed by atoms with Crippen LogP contribution in [0.3, 0.4) is 0 Å². The average molecular weight is 415 g/mol. The van der Waals surface area contributed by atoms with Crippen LogP contribution in [0.15, 0.2) is 60.2 Å². The number of piperidine rings is 1. The highest BCUT2D eigenvalue weighted by Gasteiger charge is 2.30. The molecule has 1 unspecified atom stereocenters. The SMILES string of the molecule is C=C.COC(=NC(C)C1=CCC(C)=CN1)[C@H]1CCCN(C(=O)c2ccncc2F)C1. The van der Waals surface area contributed by atoms with E-state index in [9.17, 15) is 9.18 Å². The van der Waals surface area contributed by atoms with Gasteiger partial charge in [0.05, 0.1) is 30.8 Å². The molecule has 6 nitrogen and oxygen atoms in total. The summed E-state index contributed by atoms with van der Waals surface area (Å²) in [5, 5.41) is 3.28. The number of ether oxygens (including phenoxy) is 1. The predicted molar refractivity (Wildman–Crippen MR) is 118 cm³/mol. The Kier molecular flexibility index (Phi) is 8.77. The molecule has 1 fully saturated rings. The second-order valence-corrected chi connectivity index (χ2v) is 7.29. The van der Waals surface area contributed by atoms with Gasteiger partial charge in [-0.05, 0) is 45.4 Å². The first-order valence-electron chi connectivity index (χ1n) is 10.1. The third kappa shape index (κ3) is 5.78. The molecule has 2 aliphatic rings. The smallest absolute Gasteiger partial charge is 0.256 e. The van der Waals surface area contributed by atoms with Crippen LogP contribution in [0.2, 0.25) is 0 Å². The molecule has 1 aromatic heterocycles. The molecule has 162 valence electrons. The molecule has 1 N–H and O–H groups in total. The van der Waals surface area contributed by atoms with E-state index in [1.807, 2.05) is 13.1 Å². The lowest BCUT2D eigenvalue weighted by atomic mass is 9.96. The molecule has 1 aromatic rings. The largest absolute Gasteiger partial charge is 0.484 e. The van der Waals surface area contributed by atoms with E-state index in [0.29, 0.717) is 19.0 Å². The number of aliphatic imine (C=N–C) groups is 1. The van der Waals surface area contributed by atoms with Crippen molar-refractivity contribution in [3.05, 3.63) is 66.5 Å². The molecule has 0 aromatic carbocycles. The molecule has 2 aliphatic heterocycles. The molecule has 7 heteroatoms. The lowest BCUT2D eigenvalue weighted by Gasteiger charge is -2.33. The van der Waals surface area contributed by atoms with E-state index >= 15 is 0 Å². The topological polar surface area (TPSA) is 66.8 Å². The minimum atomic E-state index is -0.595. The Morgan fingerprint density at radius 3 is 2.87 bits per heavy atom. The number of nitrogens with one attached hydrogen (secondary N) is 1. The van der Waals surface area contributed by atoms with E-state index in [1.165, 1.54) is 17.8 Å². The van der Waals surface area contributed by atoms with Crippen LogP contribution in [0.25, 0.3) is 0 Å². The maximum atomic E-state index is 13.9. The maximum Gasteiger partial charge on any atom is 0.256 e. The highest BCUT2D eigenvalue weighted by Crippen LogP contribution is 2.22. The molecule has 0 radical (unpaired) electrons. The zero-order valence-corrected chi connectivity index (χ0v) is 18.0. The van der Waals surface area contributed by atoms with Gasteiger partial charge in [0.25, 0.3) is 5.91 Å². The van der Waals surface area contributed by atoms with Crippen LogP contribution in [-0.4, -0.2) is 47.9 Å². The van der Waals surface area contributed by atoms with Gasteiger partial charge in [0.15, 0.2) is 11.7 Å². The molecule has 3 heterocycles. The molecule has 3 rings (SSSR count). The minimum absolute atomic E-state index is 0.00322. The van der Waals surface area contributed by atoms with Crippen molar-refractivity contribution < 1.29 is 13.9 Å². The van der Waals surface area contributed by atoms with Gasteiger partial charge in [-0.1, -0.05) is 11.6 Å². The van der Waals surface area contributed by atoms with E-state index in [4.69, 9.17) is 9.73 Å². The molecule has 0 saturated carbocycles. The van der Waals surface area contributed by atoms with Gasteiger partial charge in [0.2, 0.25) is 0 Å². The molecular formula is C23H31FN4O2. The Bertz CT molecular complexity index is 834. The number of nitrogens with zero attached hydrogens (tertiary/aromatic N) is 3. The Balaban J connectivity index is 0.00000155. The summed E-state index contributed by atoms with van der Waals surface area (Å²) in [5.41, 5.74) is 2.37. The summed E-state index contributed by atoms with van der Waals surface area (Å²) in [4.78, 5) is 22.9. The van der Waals surface area contributed by atoms with Crippen LogP contribution >= 0.6 is 0 Å². The van der Waals surface area contributed by atoms with Crippen LogP contribution in [0.4, 0.5) is 4.39 Å². The number of carbonyl (C=O) groups excluding carboxylic acids is 1. The molecule has 1 saturated heterocycles. The number of halogens is 1. The quantitative estimate of drug-likeness (QED) is 0.458. The summed E-state index contributed by atoms with van der Waals surface area (Å²) in [6.07, 6.45) is 9.25. The minimum Gasteiger partial charge on any atom is -0.484 e. The molecule has 2 atom stereocenters. The average Bonchev–Trinajstić information content (AvgIpc) is 2.79. The lowest BCUT2D eigenvalue weighted by molar-refractivity contribution is 0.0689. The van der Waals surface area contributed by atoms with E-state index < -0.39 is 5.82 Å². The van der Waals surface area contributed by atoms with Crippen molar-refractivity contribution in [1.29, 1.82) is 0 Å². The van der Waals surface area contributed by atoms with Crippen molar-refractivity contribution in [2.24, 2.45) is 10.9 Å². The first kappa shape index (κ1) is 23.3. The highest BCUT2D eigenvalue weighted by molar-refractivity contribution is 5.94. The number of dihydropyridines is 1. The van der Waals surface area contributed by atoms with Gasteiger partial charge in [0.1, 0.15) is 0 Å². The fraction of sp³-hybridized carbons (Fsp3) is 0.435. The predicted octanol–water partition coefficient (Wildman–Crippen LogP) is 4.09. The molecule has 30 heavy (non-hydrogen) atoms. The third-order valence-electron chi connectivity index (χ3n) is 5.17.